The SMILES string of the molecule is CC(NCc1cccc(OCC(=O)O)c1)c1ccccc1. The highest BCUT2D eigenvalue weighted by Crippen LogP contribution is 2.16. The van der Waals surface area contributed by atoms with Crippen LogP contribution in [-0.2, 0) is 11.3 Å². The number of carbonyl (C=O) groups is 1. The van der Waals surface area contributed by atoms with Crippen molar-refractivity contribution in [1.82, 2.24) is 5.32 Å². The van der Waals surface area contributed by atoms with E-state index < -0.39 is 5.97 Å². The third-order valence-corrected chi connectivity index (χ3v) is 3.17. The van der Waals surface area contributed by atoms with Gasteiger partial charge in [-0.25, -0.2) is 4.79 Å². The summed E-state index contributed by atoms with van der Waals surface area (Å²) in [5.74, 6) is -0.403. The van der Waals surface area contributed by atoms with Crippen LogP contribution in [0.4, 0.5) is 0 Å². The third kappa shape index (κ3) is 4.93. The van der Waals surface area contributed by atoms with Gasteiger partial charge in [-0.15, -0.1) is 0 Å². The zero-order valence-electron chi connectivity index (χ0n) is 12.0. The predicted molar refractivity (Wildman–Crippen MR) is 81.3 cm³/mol. The summed E-state index contributed by atoms with van der Waals surface area (Å²) in [6.07, 6.45) is 0. The molecular formula is C17H19NO3. The van der Waals surface area contributed by atoms with Crippen LogP contribution in [0.3, 0.4) is 0 Å². The predicted octanol–water partition coefficient (Wildman–Crippen LogP) is 3.00. The van der Waals surface area contributed by atoms with Crippen molar-refractivity contribution in [2.75, 3.05) is 6.61 Å². The fraction of sp³-hybridized carbons (Fsp3) is 0.235. The first-order valence-electron chi connectivity index (χ1n) is 6.87. The molecule has 0 radical (unpaired) electrons. The molecule has 2 aromatic carbocycles. The molecule has 4 nitrogen and oxygen atoms in total. The summed E-state index contributed by atoms with van der Waals surface area (Å²) in [5.41, 5.74) is 2.29. The van der Waals surface area contributed by atoms with Gasteiger partial charge in [0.1, 0.15) is 5.75 Å². The van der Waals surface area contributed by atoms with Crippen LogP contribution < -0.4 is 10.1 Å². The standard InChI is InChI=1S/C17H19NO3/c1-13(15-7-3-2-4-8-15)18-11-14-6-5-9-16(10-14)21-12-17(19)20/h2-10,13,18H,11-12H2,1H3,(H,19,20). The Hall–Kier alpha value is -2.33. The van der Waals surface area contributed by atoms with Crippen molar-refractivity contribution in [3.8, 4) is 5.75 Å². The Labute approximate surface area is 124 Å². The Balaban J connectivity index is 1.91. The van der Waals surface area contributed by atoms with Crippen LogP contribution in [0.2, 0.25) is 0 Å². The maximum atomic E-state index is 10.5. The molecular weight excluding hydrogens is 266 g/mol. The van der Waals surface area contributed by atoms with Gasteiger partial charge >= 0.3 is 5.97 Å². The maximum Gasteiger partial charge on any atom is 0.341 e. The van der Waals surface area contributed by atoms with Crippen LogP contribution in [0.5, 0.6) is 5.75 Å². The number of nitrogens with one attached hydrogen (secondary N) is 1. The molecule has 4 heteroatoms. The van der Waals surface area contributed by atoms with Crippen LogP contribution in [-0.4, -0.2) is 17.7 Å². The highest BCUT2D eigenvalue weighted by molar-refractivity contribution is 5.68. The van der Waals surface area contributed by atoms with E-state index in [0.717, 1.165) is 5.56 Å². The zero-order chi connectivity index (χ0) is 15.1. The lowest BCUT2D eigenvalue weighted by Crippen LogP contribution is -2.18. The van der Waals surface area contributed by atoms with E-state index in [-0.39, 0.29) is 12.6 Å². The van der Waals surface area contributed by atoms with E-state index in [2.05, 4.69) is 24.4 Å². The number of hydrogen-bond acceptors (Lipinski definition) is 3. The first-order chi connectivity index (χ1) is 10.1. The minimum atomic E-state index is -0.976. The number of aliphatic carboxylic acids is 1. The van der Waals surface area contributed by atoms with Crippen molar-refractivity contribution < 1.29 is 14.6 Å². The van der Waals surface area contributed by atoms with E-state index >= 15 is 0 Å². The molecule has 0 saturated carbocycles. The molecule has 0 saturated heterocycles. The summed E-state index contributed by atoms with van der Waals surface area (Å²) in [6, 6.07) is 17.9. The topological polar surface area (TPSA) is 58.6 Å². The Kier molecular flexibility index (Phi) is 5.35. The van der Waals surface area contributed by atoms with Gasteiger partial charge in [0, 0.05) is 12.6 Å². The molecule has 0 spiro atoms. The van der Waals surface area contributed by atoms with E-state index in [0.29, 0.717) is 12.3 Å². The largest absolute Gasteiger partial charge is 0.482 e. The van der Waals surface area contributed by atoms with Gasteiger partial charge in [-0.1, -0.05) is 42.5 Å². The molecule has 2 N–H and O–H groups in total. The molecule has 0 fully saturated rings. The Bertz CT molecular complexity index is 584. The second-order valence-electron chi connectivity index (χ2n) is 4.84. The molecule has 2 aromatic rings. The molecule has 21 heavy (non-hydrogen) atoms. The number of rotatable bonds is 7. The van der Waals surface area contributed by atoms with E-state index in [1.807, 2.05) is 36.4 Å². The molecule has 0 heterocycles. The second kappa shape index (κ2) is 7.45. The van der Waals surface area contributed by atoms with Crippen molar-refractivity contribution in [2.24, 2.45) is 0 Å². The van der Waals surface area contributed by atoms with Crippen molar-refractivity contribution in [3.63, 3.8) is 0 Å². The van der Waals surface area contributed by atoms with Gasteiger partial charge in [-0.05, 0) is 30.2 Å². The summed E-state index contributed by atoms with van der Waals surface area (Å²) in [4.78, 5) is 10.5. The van der Waals surface area contributed by atoms with Gasteiger partial charge in [0.05, 0.1) is 0 Å². The van der Waals surface area contributed by atoms with Gasteiger partial charge in [0.15, 0.2) is 6.61 Å². The van der Waals surface area contributed by atoms with Crippen LogP contribution in [0.25, 0.3) is 0 Å². The molecule has 0 aliphatic heterocycles. The van der Waals surface area contributed by atoms with Crippen LogP contribution >= 0.6 is 0 Å². The fourth-order valence-electron chi connectivity index (χ4n) is 2.02. The number of hydrogen-bond donors (Lipinski definition) is 2. The first-order valence-corrected chi connectivity index (χ1v) is 6.87. The molecule has 0 bridgehead atoms. The highest BCUT2D eigenvalue weighted by Gasteiger charge is 2.05. The average molecular weight is 285 g/mol. The molecule has 0 amide bonds. The monoisotopic (exact) mass is 285 g/mol. The van der Waals surface area contributed by atoms with E-state index in [4.69, 9.17) is 9.84 Å². The van der Waals surface area contributed by atoms with E-state index in [1.54, 1.807) is 6.07 Å². The first kappa shape index (κ1) is 15.1. The van der Waals surface area contributed by atoms with E-state index in [9.17, 15) is 4.79 Å². The molecule has 1 unspecified atom stereocenters. The average Bonchev–Trinajstić information content (AvgIpc) is 2.52. The second-order valence-corrected chi connectivity index (χ2v) is 4.84. The maximum absolute atomic E-state index is 10.5. The summed E-state index contributed by atoms with van der Waals surface area (Å²) in [5, 5.41) is 12.0. The zero-order valence-corrected chi connectivity index (χ0v) is 12.0. The Morgan fingerprint density at radius 2 is 1.95 bits per heavy atom. The van der Waals surface area contributed by atoms with Crippen LogP contribution in [0, 0.1) is 0 Å². The lowest BCUT2D eigenvalue weighted by atomic mass is 10.1. The molecule has 0 aliphatic rings. The quantitative estimate of drug-likeness (QED) is 0.821. The highest BCUT2D eigenvalue weighted by atomic mass is 16.5. The smallest absolute Gasteiger partial charge is 0.341 e. The minimum Gasteiger partial charge on any atom is -0.482 e. The summed E-state index contributed by atoms with van der Waals surface area (Å²) in [6.45, 7) is 2.48. The van der Waals surface area contributed by atoms with Crippen molar-refractivity contribution in [2.45, 2.75) is 19.5 Å². The lowest BCUT2D eigenvalue weighted by molar-refractivity contribution is -0.139. The Morgan fingerprint density at radius 3 is 2.67 bits per heavy atom. The fourth-order valence-corrected chi connectivity index (χ4v) is 2.02. The number of carboxylic acids is 1. The number of ether oxygens (including phenoxy) is 1. The molecule has 0 aromatic heterocycles. The van der Waals surface area contributed by atoms with Gasteiger partial charge in [0.2, 0.25) is 0 Å². The van der Waals surface area contributed by atoms with Crippen LogP contribution in [0.15, 0.2) is 54.6 Å². The summed E-state index contributed by atoms with van der Waals surface area (Å²) >= 11 is 0. The van der Waals surface area contributed by atoms with Gasteiger partial charge in [0.25, 0.3) is 0 Å². The Morgan fingerprint density at radius 1 is 1.19 bits per heavy atom. The lowest BCUT2D eigenvalue weighted by Gasteiger charge is -2.14. The van der Waals surface area contributed by atoms with Gasteiger partial charge in [-0.3, -0.25) is 0 Å². The number of benzene rings is 2. The third-order valence-electron chi connectivity index (χ3n) is 3.17. The van der Waals surface area contributed by atoms with Crippen LogP contribution in [0.1, 0.15) is 24.1 Å². The molecule has 2 rings (SSSR count). The molecule has 110 valence electrons. The van der Waals surface area contributed by atoms with Gasteiger partial charge in [-0.2, -0.15) is 0 Å². The molecule has 0 aliphatic carbocycles. The normalized spacial score (nSPS) is 11.9. The minimum absolute atomic E-state index is 0.245. The van der Waals surface area contributed by atoms with Crippen molar-refractivity contribution in [3.05, 3.63) is 65.7 Å². The van der Waals surface area contributed by atoms with Gasteiger partial charge < -0.3 is 15.2 Å². The molecule has 1 atom stereocenters. The van der Waals surface area contributed by atoms with Crippen molar-refractivity contribution in [1.29, 1.82) is 0 Å². The van der Waals surface area contributed by atoms with E-state index in [1.165, 1.54) is 5.56 Å². The van der Waals surface area contributed by atoms with Crippen molar-refractivity contribution >= 4 is 5.97 Å². The summed E-state index contributed by atoms with van der Waals surface area (Å²) < 4.78 is 5.17. The number of carboxylic acid groups (broad SMARTS) is 1. The summed E-state index contributed by atoms with van der Waals surface area (Å²) in [7, 11) is 0.